The largest absolute Gasteiger partial charge is 0.479 e. The molecule has 1 aliphatic rings. The number of carboxylic acids is 1. The van der Waals surface area contributed by atoms with Crippen LogP contribution in [0.4, 0.5) is 0 Å². The molecule has 0 heterocycles. The quantitative estimate of drug-likeness (QED) is 0.558. The molecule has 0 aromatic heterocycles. The van der Waals surface area contributed by atoms with Gasteiger partial charge in [-0.15, -0.1) is 0 Å². The minimum absolute atomic E-state index is 0.536. The van der Waals surface area contributed by atoms with E-state index < -0.39 is 19.9 Å². The first-order valence-corrected chi connectivity index (χ1v) is 6.97. The van der Waals surface area contributed by atoms with Crippen LogP contribution in [0.25, 0.3) is 0 Å². The lowest BCUT2D eigenvalue weighted by molar-refractivity contribution is -0.145. The molecule has 17 heavy (non-hydrogen) atoms. The zero-order valence-corrected chi connectivity index (χ0v) is 10.7. The predicted molar refractivity (Wildman–Crippen MR) is 61.3 cm³/mol. The summed E-state index contributed by atoms with van der Waals surface area (Å²) in [6, 6.07) is 0.536. The first kappa shape index (κ1) is 16.5. The molecule has 0 aliphatic heterocycles. The number of phosphoric ester groups is 1. The van der Waals surface area contributed by atoms with Crippen LogP contribution in [0, 0.1) is 0 Å². The van der Waals surface area contributed by atoms with Gasteiger partial charge in [-0.25, -0.2) is 9.36 Å². The Labute approximate surface area is 100 Å². The number of carboxylic acid groups (broad SMARTS) is 1. The van der Waals surface area contributed by atoms with Gasteiger partial charge in [0.2, 0.25) is 0 Å². The van der Waals surface area contributed by atoms with Crippen molar-refractivity contribution in [1.29, 1.82) is 0 Å². The molecule has 7 nitrogen and oxygen atoms in total. The van der Waals surface area contributed by atoms with Gasteiger partial charge in [-0.3, -0.25) is 4.52 Å². The van der Waals surface area contributed by atoms with Gasteiger partial charge in [0, 0.05) is 6.04 Å². The summed E-state index contributed by atoms with van der Waals surface area (Å²) >= 11 is 0. The Hall–Kier alpha value is -0.460. The highest BCUT2D eigenvalue weighted by Crippen LogP contribution is 2.37. The second kappa shape index (κ2) is 7.79. The van der Waals surface area contributed by atoms with E-state index in [9.17, 15) is 9.36 Å². The smallest absolute Gasteiger partial charge is 0.470 e. The zero-order valence-electron chi connectivity index (χ0n) is 9.78. The van der Waals surface area contributed by atoms with Gasteiger partial charge in [-0.2, -0.15) is 0 Å². The van der Waals surface area contributed by atoms with Crippen LogP contribution in [0.3, 0.4) is 0 Å². The molecule has 1 saturated carbocycles. The van der Waals surface area contributed by atoms with Gasteiger partial charge in [-0.1, -0.05) is 19.3 Å². The zero-order chi connectivity index (χ0) is 13.5. The molecule has 1 atom stereocenters. The van der Waals surface area contributed by atoms with Crippen LogP contribution < -0.4 is 5.73 Å². The lowest BCUT2D eigenvalue weighted by atomic mass is 9.97. The summed E-state index contributed by atoms with van der Waals surface area (Å²) in [7, 11) is -4.66. The molecule has 0 radical (unpaired) electrons. The van der Waals surface area contributed by atoms with Crippen molar-refractivity contribution in [2.45, 2.75) is 51.2 Å². The second-order valence-electron chi connectivity index (χ2n) is 3.97. The molecule has 8 heteroatoms. The van der Waals surface area contributed by atoms with Gasteiger partial charge < -0.3 is 20.6 Å². The Kier molecular flexibility index (Phi) is 7.58. The van der Waals surface area contributed by atoms with Gasteiger partial charge in [0.25, 0.3) is 0 Å². The van der Waals surface area contributed by atoms with Crippen molar-refractivity contribution in [2.75, 3.05) is 0 Å². The Morgan fingerprint density at radius 1 is 1.35 bits per heavy atom. The highest BCUT2D eigenvalue weighted by Gasteiger charge is 2.23. The monoisotopic (exact) mass is 269 g/mol. The van der Waals surface area contributed by atoms with Crippen LogP contribution in [0.5, 0.6) is 0 Å². The summed E-state index contributed by atoms with van der Waals surface area (Å²) in [6.07, 6.45) is 5.18. The number of aliphatic carboxylic acids is 1. The van der Waals surface area contributed by atoms with Crippen molar-refractivity contribution in [3.8, 4) is 0 Å². The van der Waals surface area contributed by atoms with Crippen LogP contribution >= 0.6 is 7.82 Å². The maximum Gasteiger partial charge on any atom is 0.470 e. The first-order chi connectivity index (χ1) is 7.72. The summed E-state index contributed by atoms with van der Waals surface area (Å²) in [6.45, 7) is 1.03. The van der Waals surface area contributed by atoms with Gasteiger partial charge in [-0.05, 0) is 19.8 Å². The van der Waals surface area contributed by atoms with E-state index in [2.05, 4.69) is 4.52 Å². The van der Waals surface area contributed by atoms with E-state index in [1.807, 2.05) is 0 Å². The van der Waals surface area contributed by atoms with Crippen molar-refractivity contribution in [1.82, 2.24) is 0 Å². The molecule has 0 spiro atoms. The van der Waals surface area contributed by atoms with Gasteiger partial charge in [0.15, 0.2) is 6.10 Å². The maximum atomic E-state index is 9.96. The highest BCUT2D eigenvalue weighted by molar-refractivity contribution is 7.46. The van der Waals surface area contributed by atoms with Crippen molar-refractivity contribution < 1.29 is 28.8 Å². The van der Waals surface area contributed by atoms with Crippen LogP contribution in [0.2, 0.25) is 0 Å². The van der Waals surface area contributed by atoms with Crippen LogP contribution in [-0.4, -0.2) is 33.0 Å². The minimum atomic E-state index is -4.66. The third-order valence-electron chi connectivity index (χ3n) is 2.29. The van der Waals surface area contributed by atoms with E-state index >= 15 is 0 Å². The van der Waals surface area contributed by atoms with Gasteiger partial charge >= 0.3 is 13.8 Å². The van der Waals surface area contributed by atoms with Gasteiger partial charge in [0.1, 0.15) is 0 Å². The van der Waals surface area contributed by atoms with Crippen molar-refractivity contribution in [3.63, 3.8) is 0 Å². The van der Waals surface area contributed by atoms with E-state index in [1.54, 1.807) is 0 Å². The van der Waals surface area contributed by atoms with E-state index in [1.165, 1.54) is 32.1 Å². The standard InChI is InChI=1S/C6H13N.C3H7O6P/c7-6-4-2-1-3-5-6;1-2(3(4)5)9-10(6,7)8/h6H,1-5,7H2;2H,1H3,(H,4,5)(H2,6,7,8)/t;2-/m.1/s1. The van der Waals surface area contributed by atoms with Crippen LogP contribution in [0.1, 0.15) is 39.0 Å². The summed E-state index contributed by atoms with van der Waals surface area (Å²) in [5, 5.41) is 8.08. The molecule has 0 saturated heterocycles. The van der Waals surface area contributed by atoms with E-state index in [0.717, 1.165) is 6.92 Å². The SMILES string of the molecule is C[C@@H](OP(=O)(O)O)C(=O)O.NC1CCCCC1. The number of hydrogen-bond acceptors (Lipinski definition) is 4. The fourth-order valence-electron chi connectivity index (χ4n) is 1.39. The van der Waals surface area contributed by atoms with E-state index in [-0.39, 0.29) is 0 Å². The Balaban J connectivity index is 0.000000318. The lowest BCUT2D eigenvalue weighted by Gasteiger charge is -2.15. The third-order valence-corrected chi connectivity index (χ3v) is 2.88. The molecule has 0 amide bonds. The van der Waals surface area contributed by atoms with Crippen molar-refractivity contribution in [3.05, 3.63) is 0 Å². The number of hydrogen-bond donors (Lipinski definition) is 4. The fourth-order valence-corrected chi connectivity index (χ4v) is 1.89. The summed E-state index contributed by atoms with van der Waals surface area (Å²) < 4.78 is 13.7. The molecule has 0 unspecified atom stereocenters. The molecule has 0 aromatic carbocycles. The van der Waals surface area contributed by atoms with E-state index in [4.69, 9.17) is 20.6 Å². The second-order valence-corrected chi connectivity index (χ2v) is 5.17. The minimum Gasteiger partial charge on any atom is -0.479 e. The van der Waals surface area contributed by atoms with Gasteiger partial charge in [0.05, 0.1) is 0 Å². The Morgan fingerprint density at radius 2 is 1.82 bits per heavy atom. The molecular weight excluding hydrogens is 249 g/mol. The molecule has 102 valence electrons. The number of nitrogens with two attached hydrogens (primary N) is 1. The average molecular weight is 269 g/mol. The summed E-state index contributed by atoms with van der Waals surface area (Å²) in [5.74, 6) is -1.41. The molecule has 1 fully saturated rings. The number of phosphoric acid groups is 1. The molecule has 1 rings (SSSR count). The number of carbonyl (C=O) groups is 1. The maximum absolute atomic E-state index is 9.96. The number of rotatable bonds is 3. The summed E-state index contributed by atoms with van der Waals surface area (Å²) in [4.78, 5) is 26.0. The first-order valence-electron chi connectivity index (χ1n) is 5.44. The van der Waals surface area contributed by atoms with Crippen molar-refractivity contribution in [2.24, 2.45) is 5.73 Å². The molecular formula is C9H20NO6P. The predicted octanol–water partition coefficient (Wildman–Crippen LogP) is 0.847. The molecule has 0 aromatic rings. The molecule has 0 bridgehead atoms. The topological polar surface area (TPSA) is 130 Å². The Bertz CT molecular complexity index is 273. The summed E-state index contributed by atoms with van der Waals surface area (Å²) in [5.41, 5.74) is 5.63. The van der Waals surface area contributed by atoms with Crippen LogP contribution in [0.15, 0.2) is 0 Å². The molecule has 1 aliphatic carbocycles. The van der Waals surface area contributed by atoms with E-state index in [0.29, 0.717) is 6.04 Å². The highest BCUT2D eigenvalue weighted by atomic mass is 31.2. The van der Waals surface area contributed by atoms with Crippen LogP contribution in [-0.2, 0) is 13.9 Å². The normalized spacial score (nSPS) is 19.1. The fraction of sp³-hybridized carbons (Fsp3) is 0.889. The Morgan fingerprint density at radius 3 is 2.00 bits per heavy atom. The molecule has 5 N–H and O–H groups in total. The van der Waals surface area contributed by atoms with Crippen molar-refractivity contribution >= 4 is 13.8 Å². The third kappa shape index (κ3) is 10.4. The average Bonchev–Trinajstić information content (AvgIpc) is 2.17. The lowest BCUT2D eigenvalue weighted by Crippen LogP contribution is -2.22.